The molecular weight excluding hydrogens is 240 g/mol. The number of hydrogen-bond donors (Lipinski definition) is 0. The molecule has 0 atom stereocenters. The SMILES string of the molecule is Cc1cc(C(=O)n2ccccc2=NC(C)C)c(C)o1. The first-order valence-electron chi connectivity index (χ1n) is 6.32. The van der Waals surface area contributed by atoms with Crippen molar-refractivity contribution in [1.29, 1.82) is 0 Å². The van der Waals surface area contributed by atoms with E-state index in [2.05, 4.69) is 4.99 Å². The number of carbonyl (C=O) groups excluding carboxylic acids is 1. The second kappa shape index (κ2) is 5.26. The first-order chi connectivity index (χ1) is 8.99. The van der Waals surface area contributed by atoms with Crippen LogP contribution >= 0.6 is 0 Å². The monoisotopic (exact) mass is 258 g/mol. The molecule has 2 rings (SSSR count). The zero-order chi connectivity index (χ0) is 14.0. The van der Waals surface area contributed by atoms with Crippen molar-refractivity contribution in [2.75, 3.05) is 0 Å². The highest BCUT2D eigenvalue weighted by Crippen LogP contribution is 2.14. The van der Waals surface area contributed by atoms with Gasteiger partial charge in [0.2, 0.25) is 0 Å². The van der Waals surface area contributed by atoms with Crippen molar-refractivity contribution in [1.82, 2.24) is 4.57 Å². The average Bonchev–Trinajstić information content (AvgIpc) is 2.67. The molecule has 0 fully saturated rings. The fraction of sp³-hybridized carbons (Fsp3) is 0.333. The van der Waals surface area contributed by atoms with E-state index < -0.39 is 0 Å². The molecule has 0 amide bonds. The van der Waals surface area contributed by atoms with Crippen LogP contribution in [0, 0.1) is 13.8 Å². The number of aromatic nitrogens is 1. The van der Waals surface area contributed by atoms with Gasteiger partial charge in [0, 0.05) is 12.2 Å². The van der Waals surface area contributed by atoms with Crippen LogP contribution in [0.3, 0.4) is 0 Å². The minimum atomic E-state index is -0.116. The fourth-order valence-corrected chi connectivity index (χ4v) is 1.95. The summed E-state index contributed by atoms with van der Waals surface area (Å²) >= 11 is 0. The minimum absolute atomic E-state index is 0.116. The van der Waals surface area contributed by atoms with Gasteiger partial charge in [0.15, 0.2) is 0 Å². The number of hydrogen-bond acceptors (Lipinski definition) is 3. The topological polar surface area (TPSA) is 47.5 Å². The van der Waals surface area contributed by atoms with Gasteiger partial charge in [0.25, 0.3) is 5.91 Å². The molecule has 19 heavy (non-hydrogen) atoms. The Balaban J connectivity index is 2.54. The zero-order valence-electron chi connectivity index (χ0n) is 11.7. The third-order valence-electron chi connectivity index (χ3n) is 2.72. The van der Waals surface area contributed by atoms with Crippen LogP contribution in [-0.2, 0) is 0 Å². The molecule has 2 aromatic rings. The molecule has 0 aliphatic heterocycles. The van der Waals surface area contributed by atoms with Crippen LogP contribution in [0.15, 0.2) is 39.9 Å². The third-order valence-corrected chi connectivity index (χ3v) is 2.72. The summed E-state index contributed by atoms with van der Waals surface area (Å²) in [6.07, 6.45) is 1.73. The summed E-state index contributed by atoms with van der Waals surface area (Å²) in [7, 11) is 0. The Hall–Kier alpha value is -2.10. The lowest BCUT2D eigenvalue weighted by molar-refractivity contribution is 0.0953. The van der Waals surface area contributed by atoms with Crippen molar-refractivity contribution in [3.63, 3.8) is 0 Å². The molecule has 0 unspecified atom stereocenters. The highest BCUT2D eigenvalue weighted by atomic mass is 16.3. The molecule has 0 radical (unpaired) electrons. The number of aryl methyl sites for hydroxylation is 2. The van der Waals surface area contributed by atoms with Crippen LogP contribution in [0.2, 0.25) is 0 Å². The molecule has 100 valence electrons. The summed E-state index contributed by atoms with van der Waals surface area (Å²) in [6, 6.07) is 7.42. The summed E-state index contributed by atoms with van der Waals surface area (Å²) in [5.74, 6) is 1.25. The molecule has 2 aromatic heterocycles. The van der Waals surface area contributed by atoms with Crippen LogP contribution in [0.25, 0.3) is 0 Å². The van der Waals surface area contributed by atoms with Gasteiger partial charge in [0.05, 0.1) is 5.56 Å². The molecule has 4 nitrogen and oxygen atoms in total. The van der Waals surface area contributed by atoms with Gasteiger partial charge in [-0.15, -0.1) is 0 Å². The molecule has 0 N–H and O–H groups in total. The second-order valence-electron chi connectivity index (χ2n) is 4.78. The summed E-state index contributed by atoms with van der Waals surface area (Å²) in [5.41, 5.74) is 1.23. The average molecular weight is 258 g/mol. The van der Waals surface area contributed by atoms with E-state index in [1.807, 2.05) is 39.0 Å². The van der Waals surface area contributed by atoms with Gasteiger partial charge in [-0.2, -0.15) is 0 Å². The normalized spacial score (nSPS) is 12.2. The van der Waals surface area contributed by atoms with E-state index in [4.69, 9.17) is 4.42 Å². The van der Waals surface area contributed by atoms with Gasteiger partial charge in [0.1, 0.15) is 17.0 Å². The van der Waals surface area contributed by atoms with E-state index in [9.17, 15) is 4.79 Å². The van der Waals surface area contributed by atoms with Crippen molar-refractivity contribution >= 4 is 5.91 Å². The molecular formula is C15H18N2O2. The van der Waals surface area contributed by atoms with Gasteiger partial charge in [-0.1, -0.05) is 6.07 Å². The Kier molecular flexibility index (Phi) is 3.69. The first kappa shape index (κ1) is 13.3. The van der Waals surface area contributed by atoms with Gasteiger partial charge >= 0.3 is 0 Å². The van der Waals surface area contributed by atoms with Gasteiger partial charge in [-0.25, -0.2) is 0 Å². The maximum Gasteiger partial charge on any atom is 0.267 e. The highest BCUT2D eigenvalue weighted by molar-refractivity contribution is 5.96. The zero-order valence-corrected chi connectivity index (χ0v) is 11.7. The molecule has 0 aromatic carbocycles. The van der Waals surface area contributed by atoms with Gasteiger partial charge in [-0.3, -0.25) is 14.4 Å². The van der Waals surface area contributed by atoms with E-state index >= 15 is 0 Å². The van der Waals surface area contributed by atoms with E-state index in [1.165, 1.54) is 0 Å². The highest BCUT2D eigenvalue weighted by Gasteiger charge is 2.15. The van der Waals surface area contributed by atoms with Gasteiger partial charge in [-0.05, 0) is 45.9 Å². The predicted molar refractivity (Wildman–Crippen MR) is 73.0 cm³/mol. The molecule has 0 aliphatic rings. The molecule has 0 spiro atoms. The number of carbonyl (C=O) groups is 1. The van der Waals surface area contributed by atoms with E-state index in [0.717, 1.165) is 5.76 Å². The molecule has 4 heteroatoms. The van der Waals surface area contributed by atoms with E-state index in [-0.39, 0.29) is 11.9 Å². The predicted octanol–water partition coefficient (Wildman–Crippen LogP) is 2.70. The maximum atomic E-state index is 12.5. The van der Waals surface area contributed by atoms with Crippen LogP contribution in [0.1, 0.15) is 35.7 Å². The number of nitrogens with zero attached hydrogens (tertiary/aromatic N) is 2. The standard InChI is InChI=1S/C15H18N2O2/c1-10(2)16-14-7-5-6-8-17(14)15(18)13-9-11(3)19-12(13)4/h5-10H,1-4H3. The van der Waals surface area contributed by atoms with Crippen molar-refractivity contribution in [3.05, 3.63) is 53.0 Å². The van der Waals surface area contributed by atoms with E-state index in [1.54, 1.807) is 23.8 Å². The van der Waals surface area contributed by atoms with Crippen molar-refractivity contribution in [2.45, 2.75) is 33.7 Å². The molecule has 0 saturated heterocycles. The van der Waals surface area contributed by atoms with Crippen molar-refractivity contribution in [2.24, 2.45) is 4.99 Å². The summed E-state index contributed by atoms with van der Waals surface area (Å²) in [6.45, 7) is 7.59. The smallest absolute Gasteiger partial charge is 0.267 e. The van der Waals surface area contributed by atoms with E-state index in [0.29, 0.717) is 16.8 Å². The summed E-state index contributed by atoms with van der Waals surface area (Å²) in [5, 5.41) is 0. The van der Waals surface area contributed by atoms with Crippen LogP contribution in [0.4, 0.5) is 0 Å². The Labute approximate surface area is 112 Å². The largest absolute Gasteiger partial charge is 0.466 e. The lowest BCUT2D eigenvalue weighted by Gasteiger charge is -2.06. The van der Waals surface area contributed by atoms with Crippen molar-refractivity contribution < 1.29 is 9.21 Å². The maximum absolute atomic E-state index is 12.5. The molecule has 0 saturated carbocycles. The fourth-order valence-electron chi connectivity index (χ4n) is 1.95. The lowest BCUT2D eigenvalue weighted by atomic mass is 10.2. The first-order valence-corrected chi connectivity index (χ1v) is 6.32. The summed E-state index contributed by atoms with van der Waals surface area (Å²) < 4.78 is 6.97. The number of rotatable bonds is 2. The third kappa shape index (κ3) is 2.84. The summed E-state index contributed by atoms with van der Waals surface area (Å²) in [4.78, 5) is 17.0. The quantitative estimate of drug-likeness (QED) is 0.831. The Morgan fingerprint density at radius 2 is 2.05 bits per heavy atom. The van der Waals surface area contributed by atoms with Crippen LogP contribution in [-0.4, -0.2) is 16.5 Å². The molecule has 0 aliphatic carbocycles. The van der Waals surface area contributed by atoms with Crippen LogP contribution < -0.4 is 5.49 Å². The lowest BCUT2D eigenvalue weighted by Crippen LogP contribution is -2.28. The Bertz CT molecular complexity index is 663. The Morgan fingerprint density at radius 1 is 1.32 bits per heavy atom. The van der Waals surface area contributed by atoms with Crippen molar-refractivity contribution in [3.8, 4) is 0 Å². The minimum Gasteiger partial charge on any atom is -0.466 e. The molecule has 0 bridgehead atoms. The molecule has 2 heterocycles. The van der Waals surface area contributed by atoms with Crippen LogP contribution in [0.5, 0.6) is 0 Å². The number of pyridine rings is 1. The van der Waals surface area contributed by atoms with Gasteiger partial charge < -0.3 is 4.42 Å². The Morgan fingerprint density at radius 3 is 2.63 bits per heavy atom. The number of furan rings is 1. The second-order valence-corrected chi connectivity index (χ2v) is 4.78.